The normalized spacial score (nSPS) is 11.0. The van der Waals surface area contributed by atoms with Gasteiger partial charge >= 0.3 is 0 Å². The molecule has 0 aliphatic carbocycles. The molecule has 2 amide bonds. The zero-order chi connectivity index (χ0) is 20.4. The monoisotopic (exact) mass is 391 g/mol. The van der Waals surface area contributed by atoms with Crippen LogP contribution < -0.4 is 10.2 Å². The van der Waals surface area contributed by atoms with E-state index in [1.54, 1.807) is 39.8 Å². The molecule has 0 saturated carbocycles. The number of benzene rings is 1. The molecule has 0 radical (unpaired) electrons. The summed E-state index contributed by atoms with van der Waals surface area (Å²) in [6.45, 7) is 6.92. The molecular weight excluding hydrogens is 370 g/mol. The van der Waals surface area contributed by atoms with E-state index in [0.717, 1.165) is 0 Å². The zero-order valence-electron chi connectivity index (χ0n) is 15.8. The molecule has 8 heteroatoms. The molecule has 0 saturated heterocycles. The van der Waals surface area contributed by atoms with Gasteiger partial charge < -0.3 is 9.84 Å². The van der Waals surface area contributed by atoms with E-state index < -0.39 is 17.4 Å². The number of carbonyl (C=O) groups is 2. The van der Waals surface area contributed by atoms with Crippen LogP contribution in [-0.4, -0.2) is 39.6 Å². The summed E-state index contributed by atoms with van der Waals surface area (Å²) in [5, 5.41) is 11.1. The van der Waals surface area contributed by atoms with Gasteiger partial charge in [0.15, 0.2) is 5.75 Å². The number of hydrogen-bond acceptors (Lipinski definition) is 5. The van der Waals surface area contributed by atoms with Crippen molar-refractivity contribution in [3.63, 3.8) is 0 Å². The Morgan fingerprint density at radius 2 is 1.93 bits per heavy atom. The molecule has 2 N–H and O–H groups in total. The van der Waals surface area contributed by atoms with E-state index in [2.05, 4.69) is 10.4 Å². The molecule has 1 aromatic carbocycles. The maximum absolute atomic E-state index is 13.2. The molecule has 0 unspecified atom stereocenters. The molecule has 7 nitrogen and oxygen atoms in total. The average Bonchev–Trinajstić information content (AvgIpc) is 2.60. The molecule has 2 aromatic rings. The zero-order valence-corrected chi connectivity index (χ0v) is 16.6. The third-order valence-electron chi connectivity index (χ3n) is 3.94. The standard InChI is InChI=1S/C19H22ClN3O4/c1-11-12(7-6-8-14(11)24)17(25)22-23(19(2,3)4)18(26)16-13(20)9-21-10-15(16)27-5/h6-10,24H,1-5H3,(H,22,25). The Labute approximate surface area is 162 Å². The van der Waals surface area contributed by atoms with E-state index in [4.69, 9.17) is 16.3 Å². The smallest absolute Gasteiger partial charge is 0.278 e. The maximum Gasteiger partial charge on any atom is 0.278 e. The molecule has 0 aliphatic rings. The number of rotatable bonds is 3. The summed E-state index contributed by atoms with van der Waals surface area (Å²) in [7, 11) is 1.40. The number of ether oxygens (including phenoxy) is 1. The number of halogens is 1. The van der Waals surface area contributed by atoms with Crippen LogP contribution in [0.2, 0.25) is 5.02 Å². The average molecular weight is 392 g/mol. The number of phenolic OH excluding ortho intramolecular Hbond substituents is 1. The quantitative estimate of drug-likeness (QED) is 0.783. The van der Waals surface area contributed by atoms with Crippen LogP contribution in [0, 0.1) is 6.92 Å². The molecule has 0 fully saturated rings. The first kappa shape index (κ1) is 20.5. The number of pyridine rings is 1. The number of nitrogens with zero attached hydrogens (tertiary/aromatic N) is 2. The van der Waals surface area contributed by atoms with Gasteiger partial charge in [0, 0.05) is 17.3 Å². The Morgan fingerprint density at radius 1 is 1.26 bits per heavy atom. The minimum atomic E-state index is -0.769. The van der Waals surface area contributed by atoms with Crippen molar-refractivity contribution in [2.75, 3.05) is 7.11 Å². The van der Waals surface area contributed by atoms with E-state index in [-0.39, 0.29) is 27.6 Å². The highest BCUT2D eigenvalue weighted by Gasteiger charge is 2.33. The topological polar surface area (TPSA) is 91.8 Å². The minimum absolute atomic E-state index is 0.00451. The van der Waals surface area contributed by atoms with Crippen molar-refractivity contribution in [2.24, 2.45) is 0 Å². The fourth-order valence-corrected chi connectivity index (χ4v) is 2.68. The summed E-state index contributed by atoms with van der Waals surface area (Å²) in [5.41, 5.74) is 2.61. The highest BCUT2D eigenvalue weighted by atomic mass is 35.5. The Morgan fingerprint density at radius 3 is 2.52 bits per heavy atom. The first-order valence-electron chi connectivity index (χ1n) is 8.19. The molecule has 0 bridgehead atoms. The summed E-state index contributed by atoms with van der Waals surface area (Å²) in [4.78, 5) is 29.8. The van der Waals surface area contributed by atoms with Gasteiger partial charge in [-0.3, -0.25) is 20.0 Å². The van der Waals surface area contributed by atoms with Gasteiger partial charge in [0.05, 0.1) is 23.9 Å². The van der Waals surface area contributed by atoms with Crippen molar-refractivity contribution in [1.29, 1.82) is 0 Å². The van der Waals surface area contributed by atoms with E-state index >= 15 is 0 Å². The molecule has 0 aliphatic heterocycles. The lowest BCUT2D eigenvalue weighted by Crippen LogP contribution is -2.56. The van der Waals surface area contributed by atoms with E-state index in [1.807, 2.05) is 0 Å². The van der Waals surface area contributed by atoms with Gasteiger partial charge in [-0.15, -0.1) is 0 Å². The molecule has 1 heterocycles. The number of hydrogen-bond donors (Lipinski definition) is 2. The van der Waals surface area contributed by atoms with E-state index in [1.165, 1.54) is 30.6 Å². The van der Waals surface area contributed by atoms with Gasteiger partial charge in [0.25, 0.3) is 11.8 Å². The lowest BCUT2D eigenvalue weighted by Gasteiger charge is -2.36. The molecule has 27 heavy (non-hydrogen) atoms. The number of aromatic nitrogens is 1. The second-order valence-corrected chi connectivity index (χ2v) is 7.31. The van der Waals surface area contributed by atoms with Crippen LogP contribution in [0.3, 0.4) is 0 Å². The van der Waals surface area contributed by atoms with Crippen LogP contribution >= 0.6 is 11.6 Å². The van der Waals surface area contributed by atoms with Crippen molar-refractivity contribution in [1.82, 2.24) is 15.4 Å². The third kappa shape index (κ3) is 4.31. The number of phenols is 1. The summed E-state index contributed by atoms with van der Waals surface area (Å²) in [6.07, 6.45) is 2.71. The summed E-state index contributed by atoms with van der Waals surface area (Å²) in [6, 6.07) is 4.61. The minimum Gasteiger partial charge on any atom is -0.508 e. The Hall–Kier alpha value is -2.80. The fourth-order valence-electron chi connectivity index (χ4n) is 2.45. The van der Waals surface area contributed by atoms with Crippen LogP contribution in [0.4, 0.5) is 0 Å². The van der Waals surface area contributed by atoms with Crippen LogP contribution in [0.1, 0.15) is 47.1 Å². The van der Waals surface area contributed by atoms with Crippen molar-refractivity contribution in [3.8, 4) is 11.5 Å². The van der Waals surface area contributed by atoms with Crippen LogP contribution in [-0.2, 0) is 0 Å². The molecule has 2 rings (SSSR count). The Bertz CT molecular complexity index is 878. The summed E-state index contributed by atoms with van der Waals surface area (Å²) < 4.78 is 5.19. The number of carbonyl (C=O) groups excluding carboxylic acids is 2. The van der Waals surface area contributed by atoms with Crippen molar-refractivity contribution < 1.29 is 19.4 Å². The highest BCUT2D eigenvalue weighted by molar-refractivity contribution is 6.34. The molecule has 0 atom stereocenters. The third-order valence-corrected chi connectivity index (χ3v) is 4.22. The highest BCUT2D eigenvalue weighted by Crippen LogP contribution is 2.28. The van der Waals surface area contributed by atoms with Crippen LogP contribution in [0.25, 0.3) is 0 Å². The second-order valence-electron chi connectivity index (χ2n) is 6.90. The largest absolute Gasteiger partial charge is 0.508 e. The number of nitrogens with one attached hydrogen (secondary N) is 1. The number of aromatic hydroxyl groups is 1. The van der Waals surface area contributed by atoms with Crippen molar-refractivity contribution in [3.05, 3.63) is 52.3 Å². The molecular formula is C19H22ClN3O4. The van der Waals surface area contributed by atoms with Crippen molar-refractivity contribution in [2.45, 2.75) is 33.2 Å². The van der Waals surface area contributed by atoms with Gasteiger partial charge in [-0.2, -0.15) is 0 Å². The van der Waals surface area contributed by atoms with Gasteiger partial charge in [-0.1, -0.05) is 17.7 Å². The second kappa shape index (κ2) is 7.84. The number of hydrazine groups is 1. The first-order chi connectivity index (χ1) is 12.6. The van der Waals surface area contributed by atoms with Gasteiger partial charge in [0.1, 0.15) is 11.3 Å². The SMILES string of the molecule is COc1cncc(Cl)c1C(=O)N(NC(=O)c1cccc(O)c1C)C(C)(C)C. The summed E-state index contributed by atoms with van der Waals surface area (Å²) in [5.74, 6) is -0.881. The molecule has 144 valence electrons. The Balaban J connectivity index is 2.44. The van der Waals surface area contributed by atoms with E-state index in [9.17, 15) is 14.7 Å². The lowest BCUT2D eigenvalue weighted by atomic mass is 10.1. The predicted octanol–water partition coefficient (Wildman–Crippen LogP) is 3.34. The Kier molecular flexibility index (Phi) is 5.95. The first-order valence-corrected chi connectivity index (χ1v) is 8.57. The molecule has 1 aromatic heterocycles. The number of amides is 2. The van der Waals surface area contributed by atoms with Crippen LogP contribution in [0.5, 0.6) is 11.5 Å². The lowest BCUT2D eigenvalue weighted by molar-refractivity contribution is 0.0355. The summed E-state index contributed by atoms with van der Waals surface area (Å²) >= 11 is 6.16. The number of methoxy groups -OCH3 is 1. The molecule has 0 spiro atoms. The van der Waals surface area contributed by atoms with Gasteiger partial charge in [0.2, 0.25) is 0 Å². The van der Waals surface area contributed by atoms with Gasteiger partial charge in [-0.25, -0.2) is 5.01 Å². The predicted molar refractivity (Wildman–Crippen MR) is 102 cm³/mol. The van der Waals surface area contributed by atoms with Crippen LogP contribution in [0.15, 0.2) is 30.6 Å². The maximum atomic E-state index is 13.2. The van der Waals surface area contributed by atoms with Gasteiger partial charge in [-0.05, 0) is 39.8 Å². The fraction of sp³-hybridized carbons (Fsp3) is 0.316. The van der Waals surface area contributed by atoms with E-state index in [0.29, 0.717) is 5.56 Å². The van der Waals surface area contributed by atoms with Crippen molar-refractivity contribution >= 4 is 23.4 Å².